The molecule has 0 spiro atoms. The average molecular weight is 329 g/mol. The summed E-state index contributed by atoms with van der Waals surface area (Å²) >= 11 is 3.80. The first-order valence-electron chi connectivity index (χ1n) is 7.51. The maximum Gasteiger partial charge on any atom is 0.0722 e. The van der Waals surface area contributed by atoms with E-state index in [1.165, 1.54) is 9.75 Å². The van der Waals surface area contributed by atoms with Crippen LogP contribution < -0.4 is 0 Å². The highest BCUT2D eigenvalue weighted by Crippen LogP contribution is 2.53. The highest BCUT2D eigenvalue weighted by Gasteiger charge is 2.47. The van der Waals surface area contributed by atoms with Crippen molar-refractivity contribution >= 4 is 42.9 Å². The van der Waals surface area contributed by atoms with Crippen LogP contribution in [0.15, 0.2) is 34.0 Å². The Balaban J connectivity index is 1.82. The van der Waals surface area contributed by atoms with E-state index in [0.717, 1.165) is 0 Å². The summed E-state index contributed by atoms with van der Waals surface area (Å²) in [6, 6.07) is 4.74. The Morgan fingerprint density at radius 1 is 0.810 bits per heavy atom. The Bertz CT molecular complexity index is 708. The van der Waals surface area contributed by atoms with Crippen LogP contribution in [0.25, 0.3) is 12.2 Å². The molecule has 2 atom stereocenters. The molecule has 0 saturated carbocycles. The lowest BCUT2D eigenvalue weighted by Crippen LogP contribution is -2.42. The molecule has 0 N–H and O–H groups in total. The highest BCUT2D eigenvalue weighted by atomic mass is 32.1. The first-order valence-corrected chi connectivity index (χ1v) is 12.4. The Hall–Kier alpha value is -0.903. The van der Waals surface area contributed by atoms with Gasteiger partial charge in [-0.2, -0.15) is 0 Å². The molecule has 2 unspecified atom stereocenters. The first-order chi connectivity index (χ1) is 10.00. The maximum absolute atomic E-state index is 2.59. The van der Waals surface area contributed by atoms with Crippen molar-refractivity contribution in [2.24, 2.45) is 0 Å². The molecule has 0 saturated heterocycles. The second-order valence-electron chi connectivity index (χ2n) is 6.94. The van der Waals surface area contributed by atoms with Crippen molar-refractivity contribution in [2.45, 2.75) is 38.0 Å². The number of fused-ring (bicyclic) bond motifs is 2. The van der Waals surface area contributed by atoms with Gasteiger partial charge in [-0.25, -0.2) is 0 Å². The molecule has 0 fully saturated rings. The van der Waals surface area contributed by atoms with Crippen LogP contribution >= 0.6 is 22.7 Å². The van der Waals surface area contributed by atoms with Gasteiger partial charge in [0.05, 0.1) is 8.07 Å². The van der Waals surface area contributed by atoms with Gasteiger partial charge >= 0.3 is 0 Å². The van der Waals surface area contributed by atoms with Crippen LogP contribution in [0.4, 0.5) is 0 Å². The van der Waals surface area contributed by atoms with E-state index in [2.05, 4.69) is 62.0 Å². The van der Waals surface area contributed by atoms with Crippen LogP contribution in [0.3, 0.4) is 0 Å². The van der Waals surface area contributed by atoms with Crippen LogP contribution in [0, 0.1) is 0 Å². The number of thiophene rings is 2. The van der Waals surface area contributed by atoms with Crippen LogP contribution in [0.1, 0.15) is 45.8 Å². The van der Waals surface area contributed by atoms with E-state index in [9.17, 15) is 0 Å². The van der Waals surface area contributed by atoms with Crippen molar-refractivity contribution < 1.29 is 0 Å². The smallest absolute Gasteiger partial charge is 0.0722 e. The lowest BCUT2D eigenvalue weighted by Gasteiger charge is -2.38. The van der Waals surface area contributed by atoms with Gasteiger partial charge in [0.1, 0.15) is 0 Å². The first kappa shape index (κ1) is 13.7. The molecule has 0 amide bonds. The van der Waals surface area contributed by atoms with E-state index < -0.39 is 8.07 Å². The molecule has 2 heterocycles. The van der Waals surface area contributed by atoms with Gasteiger partial charge in [0.2, 0.25) is 0 Å². The molecule has 3 heteroatoms. The van der Waals surface area contributed by atoms with Gasteiger partial charge in [-0.15, -0.1) is 22.7 Å². The quantitative estimate of drug-likeness (QED) is 0.568. The molecule has 0 bridgehead atoms. The summed E-state index contributed by atoms with van der Waals surface area (Å²) in [7, 11) is -1.52. The SMILES string of the molecule is CC1=Cc2sccc2C1[Si](C)(C)C1C(C)=Cc2sccc21. The maximum atomic E-state index is 2.59. The average Bonchev–Trinajstić information content (AvgIpc) is 3.07. The zero-order valence-electron chi connectivity index (χ0n) is 12.9. The summed E-state index contributed by atoms with van der Waals surface area (Å²) in [5.41, 5.74) is 7.74. The van der Waals surface area contributed by atoms with Gasteiger partial charge in [0.25, 0.3) is 0 Å². The number of rotatable bonds is 2. The lowest BCUT2D eigenvalue weighted by atomic mass is 10.2. The summed E-state index contributed by atoms with van der Waals surface area (Å²) in [6.45, 7) is 9.87. The molecule has 0 aromatic carbocycles. The highest BCUT2D eigenvalue weighted by molar-refractivity contribution is 7.11. The van der Waals surface area contributed by atoms with Gasteiger partial charge in [0, 0.05) is 20.8 Å². The molecule has 2 aliphatic rings. The van der Waals surface area contributed by atoms with Crippen molar-refractivity contribution in [1.29, 1.82) is 0 Å². The normalized spacial score (nSPS) is 23.8. The Morgan fingerprint density at radius 3 is 1.67 bits per heavy atom. The number of hydrogen-bond acceptors (Lipinski definition) is 2. The summed E-state index contributed by atoms with van der Waals surface area (Å²) in [5, 5.41) is 4.52. The summed E-state index contributed by atoms with van der Waals surface area (Å²) in [6.07, 6.45) is 4.86. The molecule has 108 valence electrons. The minimum atomic E-state index is -1.52. The Labute approximate surface area is 135 Å². The fraction of sp³-hybridized carbons (Fsp3) is 0.333. The van der Waals surface area contributed by atoms with Gasteiger partial charge in [0.15, 0.2) is 0 Å². The molecular weight excluding hydrogens is 308 g/mol. The van der Waals surface area contributed by atoms with Crippen LogP contribution in [-0.4, -0.2) is 8.07 Å². The third kappa shape index (κ3) is 1.84. The van der Waals surface area contributed by atoms with Crippen molar-refractivity contribution in [3.63, 3.8) is 0 Å². The summed E-state index contributed by atoms with van der Waals surface area (Å²) in [4.78, 5) is 3.01. The monoisotopic (exact) mass is 328 g/mol. The third-order valence-electron chi connectivity index (χ3n) is 5.19. The molecule has 0 nitrogen and oxygen atoms in total. The van der Waals surface area contributed by atoms with E-state index in [-0.39, 0.29) is 0 Å². The lowest BCUT2D eigenvalue weighted by molar-refractivity contribution is 0.973. The van der Waals surface area contributed by atoms with Gasteiger partial charge in [-0.3, -0.25) is 0 Å². The zero-order valence-corrected chi connectivity index (χ0v) is 15.6. The molecule has 2 aliphatic carbocycles. The Morgan fingerprint density at radius 2 is 1.24 bits per heavy atom. The fourth-order valence-electron chi connectivity index (χ4n) is 4.59. The van der Waals surface area contributed by atoms with Gasteiger partial charge < -0.3 is 0 Å². The van der Waals surface area contributed by atoms with Gasteiger partial charge in [-0.05, 0) is 60.0 Å². The summed E-state index contributed by atoms with van der Waals surface area (Å²) in [5.74, 6) is 0. The standard InChI is InChI=1S/C18H20S2Si/c1-11-9-15-13(5-7-19-15)17(11)21(3,4)18-12(2)10-16-14(18)6-8-20-16/h5-10,17-18H,1-4H3. The van der Waals surface area contributed by atoms with Crippen LogP contribution in [0.2, 0.25) is 13.1 Å². The van der Waals surface area contributed by atoms with Crippen LogP contribution in [-0.2, 0) is 0 Å². The molecule has 4 rings (SSSR count). The second kappa shape index (κ2) is 4.54. The van der Waals surface area contributed by atoms with Crippen molar-refractivity contribution in [3.8, 4) is 0 Å². The molecule has 0 aliphatic heterocycles. The molecular formula is C18H20S2Si. The minimum absolute atomic E-state index is 0.679. The second-order valence-corrected chi connectivity index (χ2v) is 13.6. The van der Waals surface area contributed by atoms with E-state index in [0.29, 0.717) is 11.1 Å². The van der Waals surface area contributed by atoms with E-state index in [1.54, 1.807) is 22.3 Å². The van der Waals surface area contributed by atoms with E-state index >= 15 is 0 Å². The molecule has 2 aromatic rings. The van der Waals surface area contributed by atoms with Gasteiger partial charge in [-0.1, -0.05) is 24.2 Å². The predicted molar refractivity (Wildman–Crippen MR) is 98.9 cm³/mol. The zero-order chi connectivity index (χ0) is 14.8. The van der Waals surface area contributed by atoms with E-state index in [1.807, 2.05) is 22.7 Å². The topological polar surface area (TPSA) is 0 Å². The molecule has 2 aromatic heterocycles. The summed E-state index contributed by atoms with van der Waals surface area (Å²) < 4.78 is 0. The third-order valence-corrected chi connectivity index (χ3v) is 11.5. The number of hydrogen-bond donors (Lipinski definition) is 0. The number of allylic oxidation sites excluding steroid dienone is 2. The fourth-order valence-corrected chi connectivity index (χ4v) is 11.6. The Kier molecular flexibility index (Phi) is 2.97. The van der Waals surface area contributed by atoms with Crippen molar-refractivity contribution in [3.05, 3.63) is 54.9 Å². The van der Waals surface area contributed by atoms with Crippen LogP contribution in [0.5, 0.6) is 0 Å². The molecule has 21 heavy (non-hydrogen) atoms. The largest absolute Gasteiger partial charge is 0.144 e. The van der Waals surface area contributed by atoms with E-state index in [4.69, 9.17) is 0 Å². The predicted octanol–water partition coefficient (Wildman–Crippen LogP) is 6.30. The van der Waals surface area contributed by atoms with Crippen molar-refractivity contribution in [2.75, 3.05) is 0 Å². The molecule has 0 radical (unpaired) electrons. The minimum Gasteiger partial charge on any atom is -0.144 e. The van der Waals surface area contributed by atoms with Crippen molar-refractivity contribution in [1.82, 2.24) is 0 Å².